The molecule has 19 heavy (non-hydrogen) atoms. The molecule has 1 aromatic carbocycles. The Labute approximate surface area is 114 Å². The van der Waals surface area contributed by atoms with Crippen LogP contribution >= 0.6 is 0 Å². The van der Waals surface area contributed by atoms with Gasteiger partial charge in [-0.15, -0.1) is 0 Å². The molecule has 0 spiro atoms. The lowest BCUT2D eigenvalue weighted by Gasteiger charge is -2.14. The first-order chi connectivity index (χ1) is 8.87. The van der Waals surface area contributed by atoms with E-state index >= 15 is 0 Å². The molecule has 1 aromatic rings. The molecule has 0 bridgehead atoms. The summed E-state index contributed by atoms with van der Waals surface area (Å²) in [5.41, 5.74) is 12.5. The van der Waals surface area contributed by atoms with Crippen LogP contribution < -0.4 is 16.8 Å². The summed E-state index contributed by atoms with van der Waals surface area (Å²) in [5, 5.41) is 2.78. The van der Waals surface area contributed by atoms with Crippen molar-refractivity contribution >= 4 is 11.9 Å². The molecule has 104 valence electrons. The molecule has 0 unspecified atom stereocenters. The van der Waals surface area contributed by atoms with Crippen LogP contribution in [0.3, 0.4) is 0 Å². The second-order valence-electron chi connectivity index (χ2n) is 5.30. The Balaban J connectivity index is 2.43. The van der Waals surface area contributed by atoms with E-state index in [2.05, 4.69) is 27.4 Å². The Morgan fingerprint density at radius 2 is 1.74 bits per heavy atom. The molecule has 0 fully saturated rings. The third-order valence-corrected chi connectivity index (χ3v) is 2.24. The van der Waals surface area contributed by atoms with Crippen LogP contribution in [0.2, 0.25) is 0 Å². The van der Waals surface area contributed by atoms with E-state index in [1.54, 1.807) is 0 Å². The van der Waals surface area contributed by atoms with E-state index in [-0.39, 0.29) is 11.5 Å². The van der Waals surface area contributed by atoms with Crippen molar-refractivity contribution in [1.82, 2.24) is 5.32 Å². The monoisotopic (exact) mass is 261 g/mol. The highest BCUT2D eigenvalue weighted by molar-refractivity contribution is 5.97. The van der Waals surface area contributed by atoms with Crippen molar-refractivity contribution in [1.29, 1.82) is 0 Å². The van der Waals surface area contributed by atoms with Crippen molar-refractivity contribution in [3.8, 4) is 0 Å². The molecule has 0 aliphatic heterocycles. The third kappa shape index (κ3) is 7.08. The molecule has 0 heterocycles. The Morgan fingerprint density at radius 3 is 2.32 bits per heavy atom. The van der Waals surface area contributed by atoms with E-state index < -0.39 is 0 Å². The standard InChI is InChI=1S/C14H23N5/c1-14(2,3)19-13(16)18-12(15)17-10-9-11-7-5-4-6-8-11/h4-8H,9-10H2,1-3H3,(H5,15,16,17,18,19). The molecular formula is C14H23N5. The predicted octanol–water partition coefficient (Wildman–Crippen LogP) is 1.25. The first-order valence-corrected chi connectivity index (χ1v) is 6.33. The van der Waals surface area contributed by atoms with Crippen molar-refractivity contribution in [2.24, 2.45) is 21.5 Å². The number of hydrogen-bond acceptors (Lipinski definition) is 2. The maximum absolute atomic E-state index is 5.74. The molecule has 0 saturated carbocycles. The number of nitrogens with one attached hydrogen (secondary N) is 1. The fraction of sp³-hybridized carbons (Fsp3) is 0.429. The first kappa shape index (κ1) is 15.0. The van der Waals surface area contributed by atoms with Gasteiger partial charge in [0.1, 0.15) is 0 Å². The third-order valence-electron chi connectivity index (χ3n) is 2.24. The SMILES string of the molecule is CC(C)(C)N=C(N)NC(N)=NCCc1ccccc1. The molecule has 0 saturated heterocycles. The Hall–Kier alpha value is -2.04. The fourth-order valence-electron chi connectivity index (χ4n) is 1.51. The largest absolute Gasteiger partial charge is 0.370 e. The highest BCUT2D eigenvalue weighted by atomic mass is 15.2. The van der Waals surface area contributed by atoms with Gasteiger partial charge in [0.25, 0.3) is 0 Å². The van der Waals surface area contributed by atoms with Crippen LogP contribution in [0.1, 0.15) is 26.3 Å². The summed E-state index contributed by atoms with van der Waals surface area (Å²) in [7, 11) is 0. The van der Waals surface area contributed by atoms with Gasteiger partial charge in [-0.3, -0.25) is 10.3 Å². The number of nitrogens with two attached hydrogens (primary N) is 2. The van der Waals surface area contributed by atoms with Crippen molar-refractivity contribution in [2.45, 2.75) is 32.7 Å². The van der Waals surface area contributed by atoms with Crippen LogP contribution in [0.15, 0.2) is 40.3 Å². The maximum atomic E-state index is 5.74. The van der Waals surface area contributed by atoms with Gasteiger partial charge in [-0.05, 0) is 32.8 Å². The Bertz CT molecular complexity index is 443. The lowest BCUT2D eigenvalue weighted by molar-refractivity contribution is 0.581. The van der Waals surface area contributed by atoms with Crippen LogP contribution in [0.25, 0.3) is 0 Å². The summed E-state index contributed by atoms with van der Waals surface area (Å²) >= 11 is 0. The molecule has 0 aliphatic rings. The zero-order valence-electron chi connectivity index (χ0n) is 11.9. The zero-order valence-corrected chi connectivity index (χ0v) is 11.9. The number of nitrogens with zero attached hydrogens (tertiary/aromatic N) is 2. The quantitative estimate of drug-likeness (QED) is 0.565. The van der Waals surface area contributed by atoms with E-state index in [1.165, 1.54) is 5.56 Å². The van der Waals surface area contributed by atoms with Crippen LogP contribution in [0.5, 0.6) is 0 Å². The minimum absolute atomic E-state index is 0.235. The minimum atomic E-state index is -0.235. The minimum Gasteiger partial charge on any atom is -0.370 e. The van der Waals surface area contributed by atoms with E-state index in [9.17, 15) is 0 Å². The molecule has 0 radical (unpaired) electrons. The molecule has 0 amide bonds. The summed E-state index contributed by atoms with van der Waals surface area (Å²) < 4.78 is 0. The summed E-state index contributed by atoms with van der Waals surface area (Å²) in [4.78, 5) is 8.45. The summed E-state index contributed by atoms with van der Waals surface area (Å²) in [6.07, 6.45) is 0.847. The number of rotatable bonds is 3. The average Bonchev–Trinajstić information content (AvgIpc) is 2.27. The molecule has 0 aliphatic carbocycles. The van der Waals surface area contributed by atoms with Gasteiger partial charge in [0.2, 0.25) is 0 Å². The molecule has 5 heteroatoms. The van der Waals surface area contributed by atoms with Gasteiger partial charge in [0.05, 0.1) is 5.54 Å². The Kier molecular flexibility index (Phi) is 5.36. The second kappa shape index (κ2) is 6.78. The summed E-state index contributed by atoms with van der Waals surface area (Å²) in [6.45, 7) is 6.50. The van der Waals surface area contributed by atoms with E-state index in [4.69, 9.17) is 11.5 Å². The van der Waals surface area contributed by atoms with Crippen LogP contribution in [-0.4, -0.2) is 24.0 Å². The van der Waals surface area contributed by atoms with Crippen molar-refractivity contribution in [2.75, 3.05) is 6.54 Å². The van der Waals surface area contributed by atoms with E-state index in [0.29, 0.717) is 12.5 Å². The lowest BCUT2D eigenvalue weighted by atomic mass is 10.1. The van der Waals surface area contributed by atoms with Crippen LogP contribution in [0, 0.1) is 0 Å². The second-order valence-corrected chi connectivity index (χ2v) is 5.30. The van der Waals surface area contributed by atoms with Gasteiger partial charge in [-0.25, -0.2) is 4.99 Å². The molecule has 1 rings (SSSR count). The maximum Gasteiger partial charge on any atom is 0.195 e. The topological polar surface area (TPSA) is 88.8 Å². The highest BCUT2D eigenvalue weighted by Crippen LogP contribution is 2.04. The number of benzene rings is 1. The molecule has 5 nitrogen and oxygen atoms in total. The van der Waals surface area contributed by atoms with E-state index in [1.807, 2.05) is 39.0 Å². The number of guanidine groups is 2. The summed E-state index contributed by atoms with van der Waals surface area (Å²) in [5.74, 6) is 0.579. The molecular weight excluding hydrogens is 238 g/mol. The van der Waals surface area contributed by atoms with Crippen molar-refractivity contribution in [3.63, 3.8) is 0 Å². The van der Waals surface area contributed by atoms with Crippen molar-refractivity contribution < 1.29 is 0 Å². The molecule has 5 N–H and O–H groups in total. The van der Waals surface area contributed by atoms with Gasteiger partial charge in [0, 0.05) is 6.54 Å². The number of aliphatic imine (C=N–C) groups is 2. The van der Waals surface area contributed by atoms with Gasteiger partial charge in [-0.2, -0.15) is 0 Å². The van der Waals surface area contributed by atoms with Crippen LogP contribution in [-0.2, 0) is 6.42 Å². The smallest absolute Gasteiger partial charge is 0.195 e. The number of hydrogen-bond donors (Lipinski definition) is 3. The summed E-state index contributed by atoms with van der Waals surface area (Å²) in [6, 6.07) is 10.1. The fourth-order valence-corrected chi connectivity index (χ4v) is 1.51. The predicted molar refractivity (Wildman–Crippen MR) is 81.1 cm³/mol. The first-order valence-electron chi connectivity index (χ1n) is 6.33. The normalized spacial score (nSPS) is 13.4. The molecule has 0 aromatic heterocycles. The van der Waals surface area contributed by atoms with Gasteiger partial charge in [0.15, 0.2) is 11.9 Å². The van der Waals surface area contributed by atoms with E-state index in [0.717, 1.165) is 6.42 Å². The van der Waals surface area contributed by atoms with Crippen LogP contribution in [0.4, 0.5) is 0 Å². The van der Waals surface area contributed by atoms with Gasteiger partial charge in [-0.1, -0.05) is 30.3 Å². The van der Waals surface area contributed by atoms with Gasteiger partial charge >= 0.3 is 0 Å². The van der Waals surface area contributed by atoms with Crippen molar-refractivity contribution in [3.05, 3.63) is 35.9 Å². The van der Waals surface area contributed by atoms with Gasteiger partial charge < -0.3 is 11.5 Å². The molecule has 0 atom stereocenters. The zero-order chi connectivity index (χ0) is 14.3. The highest BCUT2D eigenvalue weighted by Gasteiger charge is 2.08. The lowest BCUT2D eigenvalue weighted by Crippen LogP contribution is -2.43. The average molecular weight is 261 g/mol. The Morgan fingerprint density at radius 1 is 1.11 bits per heavy atom.